The number of likely N-dealkylation sites (tertiary alicyclic amines) is 1. The molecule has 2 amide bonds. The van der Waals surface area contributed by atoms with E-state index in [0.717, 1.165) is 12.8 Å². The SMILES string of the molecule is Nc1ccc(C(=O)NC2CCCN(C(=O)O)C2)cc1. The van der Waals surface area contributed by atoms with Crippen LogP contribution in [0.1, 0.15) is 23.2 Å². The van der Waals surface area contributed by atoms with Gasteiger partial charge in [0.1, 0.15) is 0 Å². The minimum Gasteiger partial charge on any atom is -0.465 e. The molecule has 1 aromatic carbocycles. The van der Waals surface area contributed by atoms with Crippen molar-refractivity contribution < 1.29 is 14.7 Å². The molecular formula is C13H17N3O3. The van der Waals surface area contributed by atoms with E-state index in [4.69, 9.17) is 10.8 Å². The number of benzene rings is 1. The maximum absolute atomic E-state index is 12.0. The van der Waals surface area contributed by atoms with Crippen LogP contribution in [0.2, 0.25) is 0 Å². The number of nitrogens with one attached hydrogen (secondary N) is 1. The lowest BCUT2D eigenvalue weighted by Crippen LogP contribution is -2.49. The first-order chi connectivity index (χ1) is 9.06. The van der Waals surface area contributed by atoms with Crippen molar-refractivity contribution in [2.45, 2.75) is 18.9 Å². The fourth-order valence-corrected chi connectivity index (χ4v) is 2.17. The lowest BCUT2D eigenvalue weighted by molar-refractivity contribution is 0.0888. The maximum atomic E-state index is 12.0. The zero-order chi connectivity index (χ0) is 13.8. The highest BCUT2D eigenvalue weighted by molar-refractivity contribution is 5.94. The Bertz CT molecular complexity index is 473. The summed E-state index contributed by atoms with van der Waals surface area (Å²) in [6.45, 7) is 0.875. The monoisotopic (exact) mass is 263 g/mol. The van der Waals surface area contributed by atoms with Crippen molar-refractivity contribution in [3.8, 4) is 0 Å². The molecule has 6 heteroatoms. The summed E-state index contributed by atoms with van der Waals surface area (Å²) in [7, 11) is 0. The second-order valence-corrected chi connectivity index (χ2v) is 4.66. The number of carbonyl (C=O) groups excluding carboxylic acids is 1. The van der Waals surface area contributed by atoms with Gasteiger partial charge in [-0.1, -0.05) is 0 Å². The van der Waals surface area contributed by atoms with Gasteiger partial charge >= 0.3 is 6.09 Å². The first-order valence-corrected chi connectivity index (χ1v) is 6.20. The fraction of sp³-hybridized carbons (Fsp3) is 0.385. The van der Waals surface area contributed by atoms with Crippen LogP contribution in [-0.2, 0) is 0 Å². The number of nitrogen functional groups attached to an aromatic ring is 1. The molecule has 0 aromatic heterocycles. The molecule has 19 heavy (non-hydrogen) atoms. The van der Waals surface area contributed by atoms with Gasteiger partial charge in [0.15, 0.2) is 0 Å². The summed E-state index contributed by atoms with van der Waals surface area (Å²) < 4.78 is 0. The van der Waals surface area contributed by atoms with Crippen molar-refractivity contribution in [1.82, 2.24) is 10.2 Å². The Balaban J connectivity index is 1.95. The molecule has 1 heterocycles. The number of hydrogen-bond donors (Lipinski definition) is 3. The summed E-state index contributed by atoms with van der Waals surface area (Å²) in [5, 5.41) is 11.8. The van der Waals surface area contributed by atoms with E-state index in [-0.39, 0.29) is 11.9 Å². The van der Waals surface area contributed by atoms with Gasteiger partial charge in [0.05, 0.1) is 0 Å². The Labute approximate surface area is 111 Å². The van der Waals surface area contributed by atoms with Crippen molar-refractivity contribution >= 4 is 17.7 Å². The number of hydrogen-bond acceptors (Lipinski definition) is 3. The second kappa shape index (κ2) is 5.60. The predicted octanol–water partition coefficient (Wildman–Crippen LogP) is 1.14. The van der Waals surface area contributed by atoms with Crippen LogP contribution in [0.5, 0.6) is 0 Å². The lowest BCUT2D eigenvalue weighted by atomic mass is 10.1. The molecule has 1 fully saturated rings. The molecule has 0 bridgehead atoms. The van der Waals surface area contributed by atoms with E-state index in [1.807, 2.05) is 0 Å². The molecule has 1 saturated heterocycles. The zero-order valence-corrected chi connectivity index (χ0v) is 10.5. The van der Waals surface area contributed by atoms with E-state index in [2.05, 4.69) is 5.32 Å². The molecule has 1 aromatic rings. The van der Waals surface area contributed by atoms with Gasteiger partial charge in [-0.15, -0.1) is 0 Å². The molecule has 0 spiro atoms. The molecule has 0 aliphatic carbocycles. The van der Waals surface area contributed by atoms with E-state index in [0.29, 0.717) is 24.3 Å². The van der Waals surface area contributed by atoms with Crippen molar-refractivity contribution in [2.24, 2.45) is 0 Å². The number of piperidine rings is 1. The lowest BCUT2D eigenvalue weighted by Gasteiger charge is -2.31. The molecule has 1 aliphatic heterocycles. The van der Waals surface area contributed by atoms with E-state index in [1.54, 1.807) is 24.3 Å². The second-order valence-electron chi connectivity index (χ2n) is 4.66. The summed E-state index contributed by atoms with van der Waals surface area (Å²) >= 11 is 0. The van der Waals surface area contributed by atoms with Crippen LogP contribution in [0.25, 0.3) is 0 Å². The van der Waals surface area contributed by atoms with E-state index in [9.17, 15) is 9.59 Å². The van der Waals surface area contributed by atoms with Crippen LogP contribution in [0, 0.1) is 0 Å². The van der Waals surface area contributed by atoms with Crippen LogP contribution >= 0.6 is 0 Å². The van der Waals surface area contributed by atoms with Gasteiger partial charge in [0.2, 0.25) is 0 Å². The normalized spacial score (nSPS) is 18.9. The number of anilines is 1. The van der Waals surface area contributed by atoms with Crippen molar-refractivity contribution in [1.29, 1.82) is 0 Å². The summed E-state index contributed by atoms with van der Waals surface area (Å²) in [6.07, 6.45) is 0.621. The minimum atomic E-state index is -0.938. The molecular weight excluding hydrogens is 246 g/mol. The molecule has 1 unspecified atom stereocenters. The quantitative estimate of drug-likeness (QED) is 0.697. The third-order valence-electron chi connectivity index (χ3n) is 3.20. The summed E-state index contributed by atoms with van der Waals surface area (Å²) in [5.41, 5.74) is 6.69. The third-order valence-corrected chi connectivity index (χ3v) is 3.20. The largest absolute Gasteiger partial charge is 0.465 e. The highest BCUT2D eigenvalue weighted by atomic mass is 16.4. The molecule has 1 atom stereocenters. The number of nitrogens with zero attached hydrogens (tertiary/aromatic N) is 1. The van der Waals surface area contributed by atoms with Gasteiger partial charge in [-0.3, -0.25) is 4.79 Å². The minimum absolute atomic E-state index is 0.130. The van der Waals surface area contributed by atoms with Crippen LogP contribution in [0.3, 0.4) is 0 Å². The van der Waals surface area contributed by atoms with Crippen LogP contribution < -0.4 is 11.1 Å². The Morgan fingerprint density at radius 2 is 2.00 bits per heavy atom. The maximum Gasteiger partial charge on any atom is 0.407 e. The highest BCUT2D eigenvalue weighted by Crippen LogP contribution is 2.12. The summed E-state index contributed by atoms with van der Waals surface area (Å²) in [4.78, 5) is 24.2. The third kappa shape index (κ3) is 3.37. The van der Waals surface area contributed by atoms with Crippen molar-refractivity contribution in [3.63, 3.8) is 0 Å². The smallest absolute Gasteiger partial charge is 0.407 e. The first-order valence-electron chi connectivity index (χ1n) is 6.20. The fourth-order valence-electron chi connectivity index (χ4n) is 2.17. The van der Waals surface area contributed by atoms with E-state index in [1.165, 1.54) is 4.90 Å². The van der Waals surface area contributed by atoms with Gasteiger partial charge in [-0.2, -0.15) is 0 Å². The number of amides is 2. The van der Waals surface area contributed by atoms with Crippen molar-refractivity contribution in [2.75, 3.05) is 18.8 Å². The van der Waals surface area contributed by atoms with Crippen LogP contribution in [0.15, 0.2) is 24.3 Å². The Hall–Kier alpha value is -2.24. The summed E-state index contributed by atoms with van der Waals surface area (Å²) in [6, 6.07) is 6.51. The van der Waals surface area contributed by atoms with Gasteiger partial charge in [0, 0.05) is 30.4 Å². The molecule has 6 nitrogen and oxygen atoms in total. The molecule has 102 valence electrons. The standard InChI is InChI=1S/C13H17N3O3/c14-10-5-3-9(4-6-10)12(17)15-11-2-1-7-16(8-11)13(18)19/h3-6,11H,1-2,7-8,14H2,(H,15,17)(H,18,19). The average Bonchev–Trinajstić information content (AvgIpc) is 2.39. The van der Waals surface area contributed by atoms with Crippen LogP contribution in [-0.4, -0.2) is 41.1 Å². The molecule has 2 rings (SSSR count). The van der Waals surface area contributed by atoms with Gasteiger partial charge < -0.3 is 21.1 Å². The number of carboxylic acid groups (broad SMARTS) is 1. The Morgan fingerprint density at radius 1 is 1.32 bits per heavy atom. The van der Waals surface area contributed by atoms with E-state index < -0.39 is 6.09 Å². The molecule has 0 radical (unpaired) electrons. The van der Waals surface area contributed by atoms with Gasteiger partial charge in [-0.25, -0.2) is 4.79 Å². The molecule has 0 saturated carbocycles. The molecule has 1 aliphatic rings. The zero-order valence-electron chi connectivity index (χ0n) is 10.5. The highest BCUT2D eigenvalue weighted by Gasteiger charge is 2.24. The number of carbonyl (C=O) groups is 2. The number of rotatable bonds is 2. The first kappa shape index (κ1) is 13.2. The van der Waals surface area contributed by atoms with Crippen LogP contribution in [0.4, 0.5) is 10.5 Å². The predicted molar refractivity (Wildman–Crippen MR) is 70.9 cm³/mol. The Kier molecular flexibility index (Phi) is 3.89. The average molecular weight is 263 g/mol. The summed E-state index contributed by atoms with van der Waals surface area (Å²) in [5.74, 6) is -0.197. The number of nitrogens with two attached hydrogens (primary N) is 1. The molecule has 4 N–H and O–H groups in total. The van der Waals surface area contributed by atoms with Gasteiger partial charge in [0.25, 0.3) is 5.91 Å². The van der Waals surface area contributed by atoms with Gasteiger partial charge in [-0.05, 0) is 37.1 Å². The topological polar surface area (TPSA) is 95.7 Å². The van der Waals surface area contributed by atoms with Crippen molar-refractivity contribution in [3.05, 3.63) is 29.8 Å². The van der Waals surface area contributed by atoms with E-state index >= 15 is 0 Å². The Morgan fingerprint density at radius 3 is 2.63 bits per heavy atom.